The van der Waals surface area contributed by atoms with Gasteiger partial charge in [-0.15, -0.1) is 11.3 Å². The zero-order chi connectivity index (χ0) is 26.3. The van der Waals surface area contributed by atoms with Crippen LogP contribution in [0.4, 0.5) is 14.5 Å². The fourth-order valence-corrected chi connectivity index (χ4v) is 7.40. The molecule has 6 nitrogen and oxygen atoms in total. The summed E-state index contributed by atoms with van der Waals surface area (Å²) in [6.45, 7) is 0. The van der Waals surface area contributed by atoms with Crippen molar-refractivity contribution in [1.29, 1.82) is 0 Å². The van der Waals surface area contributed by atoms with Crippen molar-refractivity contribution in [3.8, 4) is 0 Å². The summed E-state index contributed by atoms with van der Waals surface area (Å²) in [6.07, 6.45) is 7.71. The molecule has 1 aliphatic carbocycles. The number of rotatable bonds is 6. The minimum absolute atomic E-state index is 0.00483. The molecule has 5 rings (SSSR count). The van der Waals surface area contributed by atoms with Crippen LogP contribution in [0.15, 0.2) is 52.9 Å². The summed E-state index contributed by atoms with van der Waals surface area (Å²) in [4.78, 5) is 18.7. The monoisotopic (exact) mass is 543 g/mol. The number of anilines is 1. The molecule has 0 saturated heterocycles. The Balaban J connectivity index is 1.57. The molecule has 1 fully saturated rings. The van der Waals surface area contributed by atoms with Gasteiger partial charge >= 0.3 is 0 Å². The van der Waals surface area contributed by atoms with E-state index < -0.39 is 27.7 Å². The molecule has 1 aromatic heterocycles. The summed E-state index contributed by atoms with van der Waals surface area (Å²) >= 11 is 1.38. The first-order chi connectivity index (χ1) is 17.7. The minimum Gasteiger partial charge on any atom is -0.311 e. The van der Waals surface area contributed by atoms with Gasteiger partial charge in [0.25, 0.3) is 5.91 Å². The molecule has 0 radical (unpaired) electrons. The lowest BCUT2D eigenvalue weighted by Crippen LogP contribution is -2.37. The van der Waals surface area contributed by atoms with Gasteiger partial charge < -0.3 is 4.90 Å². The molecule has 0 spiro atoms. The fraction of sp³-hybridized carbons (Fsp3) is 0.333. The van der Waals surface area contributed by atoms with Gasteiger partial charge in [-0.1, -0.05) is 25.3 Å². The van der Waals surface area contributed by atoms with Crippen LogP contribution in [0.1, 0.15) is 54.3 Å². The van der Waals surface area contributed by atoms with Crippen LogP contribution in [0.5, 0.6) is 0 Å². The Hall–Kier alpha value is -2.95. The van der Waals surface area contributed by atoms with Crippen molar-refractivity contribution in [2.24, 2.45) is 5.92 Å². The number of fused-ring (bicyclic) bond motifs is 1. The van der Waals surface area contributed by atoms with Gasteiger partial charge in [-0.05, 0) is 49.1 Å². The molecule has 2 aromatic carbocycles. The molecule has 2 aliphatic rings. The minimum atomic E-state index is -4.10. The predicted octanol–water partition coefficient (Wildman–Crippen LogP) is 5.88. The number of nitrogens with zero attached hydrogens (tertiary/aromatic N) is 3. The van der Waals surface area contributed by atoms with Crippen molar-refractivity contribution >= 4 is 44.6 Å². The van der Waals surface area contributed by atoms with Crippen molar-refractivity contribution in [2.45, 2.75) is 43.0 Å². The van der Waals surface area contributed by atoms with Crippen molar-refractivity contribution < 1.29 is 22.0 Å². The fourth-order valence-electron chi connectivity index (χ4n) is 5.41. The molecule has 1 unspecified atom stereocenters. The molecular weight excluding hydrogens is 516 g/mol. The van der Waals surface area contributed by atoms with E-state index in [1.807, 2.05) is 0 Å². The van der Waals surface area contributed by atoms with E-state index in [1.54, 1.807) is 30.8 Å². The lowest BCUT2D eigenvalue weighted by molar-refractivity contribution is -0.112. The first kappa shape index (κ1) is 25.7. The lowest BCUT2D eigenvalue weighted by Gasteiger charge is -2.36. The van der Waals surface area contributed by atoms with Gasteiger partial charge in [0.1, 0.15) is 16.6 Å². The predicted molar refractivity (Wildman–Crippen MR) is 140 cm³/mol. The van der Waals surface area contributed by atoms with Crippen LogP contribution in [0.2, 0.25) is 0 Å². The maximum Gasteiger partial charge on any atom is 0.258 e. The van der Waals surface area contributed by atoms with Crippen molar-refractivity contribution in [2.75, 3.05) is 19.0 Å². The summed E-state index contributed by atoms with van der Waals surface area (Å²) in [5.74, 6) is -1.81. The largest absolute Gasteiger partial charge is 0.311 e. The molecule has 2 heterocycles. The number of sulfonamides is 1. The molecule has 1 atom stereocenters. The summed E-state index contributed by atoms with van der Waals surface area (Å²) in [7, 11) is -1.01. The molecule has 0 N–H and O–H groups in total. The first-order valence-corrected chi connectivity index (χ1v) is 14.5. The smallest absolute Gasteiger partial charge is 0.258 e. The number of amides is 1. The number of hydrogen-bond donors (Lipinski definition) is 0. The average Bonchev–Trinajstić information content (AvgIpc) is 3.49. The molecule has 37 heavy (non-hydrogen) atoms. The second-order valence-electron chi connectivity index (χ2n) is 9.50. The van der Waals surface area contributed by atoms with Gasteiger partial charge in [-0.2, -0.15) is 4.31 Å². The van der Waals surface area contributed by atoms with Crippen LogP contribution in [0, 0.1) is 17.6 Å². The van der Waals surface area contributed by atoms with E-state index >= 15 is 0 Å². The van der Waals surface area contributed by atoms with Gasteiger partial charge in [0, 0.05) is 42.9 Å². The Morgan fingerprint density at radius 3 is 2.57 bits per heavy atom. The number of carbonyl (C=O) groups excluding carboxylic acids is 1. The Kier molecular flexibility index (Phi) is 6.99. The van der Waals surface area contributed by atoms with E-state index in [0.717, 1.165) is 38.2 Å². The molecule has 194 valence electrons. The van der Waals surface area contributed by atoms with Crippen LogP contribution >= 0.6 is 11.3 Å². The van der Waals surface area contributed by atoms with E-state index in [2.05, 4.69) is 4.98 Å². The summed E-state index contributed by atoms with van der Waals surface area (Å²) in [5, 5.41) is 2.44. The van der Waals surface area contributed by atoms with Gasteiger partial charge in [0.15, 0.2) is 0 Å². The molecular formula is C27H27F2N3O3S2. The topological polar surface area (TPSA) is 70.6 Å². The number of carbonyl (C=O) groups is 1. The Morgan fingerprint density at radius 1 is 1.14 bits per heavy atom. The number of thiazole rings is 1. The summed E-state index contributed by atoms with van der Waals surface area (Å²) in [6, 6.07) is 7.13. The SMILES string of the molecule is CN1C(=O)/C(=C/c2nccs2)c2cc(S(=O)(=O)N(C)C(c3ccc(F)cc3F)C3CCCCC3)ccc21. The van der Waals surface area contributed by atoms with Crippen molar-refractivity contribution in [1.82, 2.24) is 9.29 Å². The third-order valence-corrected chi connectivity index (χ3v) is 9.88. The highest BCUT2D eigenvalue weighted by molar-refractivity contribution is 7.89. The molecule has 0 bridgehead atoms. The standard InChI is InChI=1S/C27H27F2N3O3S2/c1-31-24-11-9-19(15-21(24)22(27(31)33)16-25-30-12-13-36-25)37(34,35)32(2)26(17-6-4-3-5-7-17)20-10-8-18(28)14-23(20)29/h8-17,26H,3-7H2,1-2H3/b22-16+. The van der Waals surface area contributed by atoms with Crippen molar-refractivity contribution in [3.63, 3.8) is 0 Å². The van der Waals surface area contributed by atoms with E-state index in [1.165, 1.54) is 51.9 Å². The quantitative estimate of drug-likeness (QED) is 0.364. The van der Waals surface area contributed by atoms with Crippen LogP contribution < -0.4 is 4.90 Å². The number of hydrogen-bond acceptors (Lipinski definition) is 5. The maximum absolute atomic E-state index is 15.0. The Labute approximate surface area is 219 Å². The van der Waals surface area contributed by atoms with E-state index in [-0.39, 0.29) is 22.3 Å². The highest BCUT2D eigenvalue weighted by Crippen LogP contribution is 2.43. The highest BCUT2D eigenvalue weighted by atomic mass is 32.2. The molecule has 1 saturated carbocycles. The highest BCUT2D eigenvalue weighted by Gasteiger charge is 2.38. The average molecular weight is 544 g/mol. The second-order valence-corrected chi connectivity index (χ2v) is 12.4. The normalized spacial score (nSPS) is 18.6. The van der Waals surface area contributed by atoms with Crippen molar-refractivity contribution in [3.05, 3.63) is 75.7 Å². The molecule has 1 amide bonds. The van der Waals surface area contributed by atoms with Crippen LogP contribution in [0.3, 0.4) is 0 Å². The molecule has 10 heteroatoms. The number of likely N-dealkylation sites (N-methyl/N-ethyl adjacent to an activating group) is 1. The zero-order valence-electron chi connectivity index (χ0n) is 20.5. The Bertz CT molecular complexity index is 1470. The van der Waals surface area contributed by atoms with Crippen LogP contribution in [0.25, 0.3) is 11.6 Å². The van der Waals surface area contributed by atoms with E-state index in [0.29, 0.717) is 21.8 Å². The molecule has 1 aliphatic heterocycles. The van der Waals surface area contributed by atoms with E-state index in [9.17, 15) is 22.0 Å². The first-order valence-electron chi connectivity index (χ1n) is 12.1. The van der Waals surface area contributed by atoms with Gasteiger partial charge in [0.2, 0.25) is 10.0 Å². The number of halogens is 2. The van der Waals surface area contributed by atoms with E-state index in [4.69, 9.17) is 0 Å². The van der Waals surface area contributed by atoms with Gasteiger partial charge in [0.05, 0.1) is 22.2 Å². The third-order valence-electron chi connectivity index (χ3n) is 7.32. The van der Waals surface area contributed by atoms with Gasteiger partial charge in [-0.25, -0.2) is 22.2 Å². The lowest BCUT2D eigenvalue weighted by atomic mass is 9.81. The van der Waals surface area contributed by atoms with Crippen LogP contribution in [-0.2, 0) is 14.8 Å². The zero-order valence-corrected chi connectivity index (χ0v) is 22.2. The summed E-state index contributed by atoms with van der Waals surface area (Å²) in [5.41, 5.74) is 1.63. The number of benzene rings is 2. The van der Waals surface area contributed by atoms with Crippen LogP contribution in [-0.4, -0.2) is 37.7 Å². The van der Waals surface area contributed by atoms with Gasteiger partial charge in [-0.3, -0.25) is 4.79 Å². The number of aromatic nitrogens is 1. The summed E-state index contributed by atoms with van der Waals surface area (Å²) < 4.78 is 57.8. The third kappa shape index (κ3) is 4.73. The maximum atomic E-state index is 15.0. The Morgan fingerprint density at radius 2 is 1.89 bits per heavy atom. The molecule has 3 aromatic rings. The second kappa shape index (κ2) is 10.1.